The molecule has 2 heterocycles. The first-order valence-corrected chi connectivity index (χ1v) is 7.11. The fourth-order valence-electron chi connectivity index (χ4n) is 1.59. The number of carbonyl (C=O) groups is 1. The Morgan fingerprint density at radius 3 is 3.05 bits per heavy atom. The number of aromatic nitrogens is 2. The van der Waals surface area contributed by atoms with Crippen molar-refractivity contribution in [2.75, 3.05) is 19.8 Å². The zero-order valence-electron chi connectivity index (χ0n) is 12.0. The molecule has 0 unspecified atom stereocenters. The number of nitrogens with zero attached hydrogens (tertiary/aromatic N) is 2. The molecule has 8 heteroatoms. The third-order valence-electron chi connectivity index (χ3n) is 2.59. The van der Waals surface area contributed by atoms with Gasteiger partial charge in [0.25, 0.3) is 5.91 Å². The Bertz CT molecular complexity index is 618. The number of halogens is 1. The number of nitrogens with one attached hydrogen (secondary N) is 1. The second kappa shape index (κ2) is 8.35. The van der Waals surface area contributed by atoms with Crippen LogP contribution in [0.5, 0.6) is 5.75 Å². The van der Waals surface area contributed by atoms with Crippen molar-refractivity contribution in [2.24, 2.45) is 0 Å². The molecule has 2 rings (SSSR count). The van der Waals surface area contributed by atoms with E-state index in [0.717, 1.165) is 0 Å². The van der Waals surface area contributed by atoms with Crippen molar-refractivity contribution in [1.29, 1.82) is 0 Å². The zero-order chi connectivity index (χ0) is 15.8. The highest BCUT2D eigenvalue weighted by molar-refractivity contribution is 6.30. The number of ether oxygens (including phenoxy) is 2. The third kappa shape index (κ3) is 5.01. The normalized spacial score (nSPS) is 10.5. The summed E-state index contributed by atoms with van der Waals surface area (Å²) in [6, 6.07) is 3.15. The molecule has 0 aliphatic carbocycles. The molecule has 0 aliphatic heterocycles. The van der Waals surface area contributed by atoms with Crippen LogP contribution in [0.1, 0.15) is 23.2 Å². The van der Waals surface area contributed by atoms with Gasteiger partial charge in [-0.25, -0.2) is 0 Å². The van der Waals surface area contributed by atoms with Crippen LogP contribution in [0.15, 0.2) is 29.0 Å². The Hall–Kier alpha value is -2.12. The third-order valence-corrected chi connectivity index (χ3v) is 2.80. The van der Waals surface area contributed by atoms with Crippen LogP contribution in [0, 0.1) is 0 Å². The summed E-state index contributed by atoms with van der Waals surface area (Å²) in [5, 5.41) is 6.85. The summed E-state index contributed by atoms with van der Waals surface area (Å²) in [5.41, 5.74) is 0.194. The van der Waals surface area contributed by atoms with Gasteiger partial charge < -0.3 is 19.3 Å². The molecule has 0 saturated carbocycles. The second-order valence-electron chi connectivity index (χ2n) is 4.26. The molecule has 118 valence electrons. The molecule has 0 aromatic carbocycles. The van der Waals surface area contributed by atoms with Crippen LogP contribution in [-0.4, -0.2) is 35.8 Å². The molecule has 1 N–H and O–H groups in total. The quantitative estimate of drug-likeness (QED) is 0.748. The Morgan fingerprint density at radius 1 is 1.41 bits per heavy atom. The maximum atomic E-state index is 11.8. The lowest BCUT2D eigenvalue weighted by Gasteiger charge is -2.02. The summed E-state index contributed by atoms with van der Waals surface area (Å²) in [4.78, 5) is 15.7. The van der Waals surface area contributed by atoms with Crippen molar-refractivity contribution in [1.82, 2.24) is 15.5 Å². The minimum Gasteiger partial charge on any atom is -0.484 e. The molecular formula is C14H16ClN3O4. The number of amides is 1. The first-order valence-electron chi connectivity index (χ1n) is 6.74. The van der Waals surface area contributed by atoms with Crippen molar-refractivity contribution in [3.63, 3.8) is 0 Å². The summed E-state index contributed by atoms with van der Waals surface area (Å²) in [6.45, 7) is 3.50. The van der Waals surface area contributed by atoms with E-state index in [2.05, 4.69) is 15.5 Å². The van der Waals surface area contributed by atoms with Gasteiger partial charge in [0, 0.05) is 31.5 Å². The fourth-order valence-corrected chi connectivity index (χ4v) is 1.75. The van der Waals surface area contributed by atoms with Crippen molar-refractivity contribution in [2.45, 2.75) is 13.5 Å². The average molecular weight is 326 g/mol. The predicted octanol–water partition coefficient (Wildman–Crippen LogP) is 2.07. The van der Waals surface area contributed by atoms with E-state index < -0.39 is 0 Å². The predicted molar refractivity (Wildman–Crippen MR) is 78.9 cm³/mol. The standard InChI is InChI=1S/C14H16ClN3O4/c1-2-20-4-3-17-14(19)13-6-12(22-18-13)9-21-11-5-10(15)7-16-8-11/h5-8H,2-4,9H2,1H3,(H,17,19). The molecule has 2 aromatic heterocycles. The van der Waals surface area contributed by atoms with Crippen molar-refractivity contribution < 1.29 is 18.8 Å². The monoisotopic (exact) mass is 325 g/mol. The van der Waals surface area contributed by atoms with Gasteiger partial charge in [-0.15, -0.1) is 0 Å². The maximum Gasteiger partial charge on any atom is 0.273 e. The molecule has 7 nitrogen and oxygen atoms in total. The Kier molecular flexibility index (Phi) is 6.17. The van der Waals surface area contributed by atoms with Gasteiger partial charge in [0.15, 0.2) is 11.5 Å². The Morgan fingerprint density at radius 2 is 2.27 bits per heavy atom. The van der Waals surface area contributed by atoms with Crippen LogP contribution in [0.3, 0.4) is 0 Å². The molecular weight excluding hydrogens is 310 g/mol. The van der Waals surface area contributed by atoms with Gasteiger partial charge in [0.1, 0.15) is 12.4 Å². The minimum absolute atomic E-state index is 0.126. The van der Waals surface area contributed by atoms with E-state index in [4.69, 9.17) is 25.6 Å². The highest BCUT2D eigenvalue weighted by Crippen LogP contribution is 2.16. The van der Waals surface area contributed by atoms with E-state index in [0.29, 0.717) is 36.3 Å². The molecule has 0 aliphatic rings. The van der Waals surface area contributed by atoms with Gasteiger partial charge in [-0.1, -0.05) is 16.8 Å². The molecule has 0 bridgehead atoms. The van der Waals surface area contributed by atoms with Crippen LogP contribution in [-0.2, 0) is 11.3 Å². The van der Waals surface area contributed by atoms with Crippen LogP contribution >= 0.6 is 11.6 Å². The first kappa shape index (κ1) is 16.3. The smallest absolute Gasteiger partial charge is 0.273 e. The molecule has 0 atom stereocenters. The fraction of sp³-hybridized carbons (Fsp3) is 0.357. The molecule has 0 radical (unpaired) electrons. The summed E-state index contributed by atoms with van der Waals surface area (Å²) >= 11 is 5.80. The van der Waals surface area contributed by atoms with Crippen molar-refractivity contribution >= 4 is 17.5 Å². The molecule has 0 fully saturated rings. The van der Waals surface area contributed by atoms with Crippen LogP contribution < -0.4 is 10.1 Å². The lowest BCUT2D eigenvalue weighted by molar-refractivity contribution is 0.0913. The van der Waals surface area contributed by atoms with Gasteiger partial charge >= 0.3 is 0 Å². The molecule has 1 amide bonds. The zero-order valence-corrected chi connectivity index (χ0v) is 12.8. The van der Waals surface area contributed by atoms with Crippen molar-refractivity contribution in [3.05, 3.63) is 41.0 Å². The number of hydrogen-bond donors (Lipinski definition) is 1. The second-order valence-corrected chi connectivity index (χ2v) is 4.70. The number of pyridine rings is 1. The van der Waals surface area contributed by atoms with Crippen molar-refractivity contribution in [3.8, 4) is 5.75 Å². The lowest BCUT2D eigenvalue weighted by Crippen LogP contribution is -2.27. The number of carbonyl (C=O) groups excluding carboxylic acids is 1. The minimum atomic E-state index is -0.320. The van der Waals surface area contributed by atoms with Crippen LogP contribution in [0.4, 0.5) is 0 Å². The van der Waals surface area contributed by atoms with Gasteiger partial charge in [-0.2, -0.15) is 0 Å². The largest absolute Gasteiger partial charge is 0.484 e. The highest BCUT2D eigenvalue weighted by atomic mass is 35.5. The highest BCUT2D eigenvalue weighted by Gasteiger charge is 2.12. The van der Waals surface area contributed by atoms with E-state index in [1.54, 1.807) is 6.07 Å². The van der Waals surface area contributed by atoms with E-state index in [1.165, 1.54) is 18.5 Å². The SMILES string of the molecule is CCOCCNC(=O)c1cc(COc2cncc(Cl)c2)on1. The van der Waals surface area contributed by atoms with E-state index in [-0.39, 0.29) is 18.2 Å². The summed E-state index contributed by atoms with van der Waals surface area (Å²) in [5.74, 6) is 0.612. The Labute approximate surface area is 132 Å². The van der Waals surface area contributed by atoms with Crippen LogP contribution in [0.2, 0.25) is 5.02 Å². The van der Waals surface area contributed by atoms with E-state index in [9.17, 15) is 4.79 Å². The van der Waals surface area contributed by atoms with E-state index in [1.807, 2.05) is 6.92 Å². The van der Waals surface area contributed by atoms with Gasteiger partial charge in [-0.05, 0) is 6.92 Å². The maximum absolute atomic E-state index is 11.8. The molecule has 2 aromatic rings. The Balaban J connectivity index is 1.82. The van der Waals surface area contributed by atoms with Crippen LogP contribution in [0.25, 0.3) is 0 Å². The number of hydrogen-bond acceptors (Lipinski definition) is 6. The molecule has 0 saturated heterocycles. The van der Waals surface area contributed by atoms with E-state index >= 15 is 0 Å². The summed E-state index contributed by atoms with van der Waals surface area (Å²) < 4.78 is 15.6. The molecule has 22 heavy (non-hydrogen) atoms. The number of rotatable bonds is 8. The average Bonchev–Trinajstić information content (AvgIpc) is 2.98. The summed E-state index contributed by atoms with van der Waals surface area (Å²) in [7, 11) is 0. The lowest BCUT2D eigenvalue weighted by atomic mass is 10.3. The first-order chi connectivity index (χ1) is 10.7. The van der Waals surface area contributed by atoms with Gasteiger partial charge in [-0.3, -0.25) is 9.78 Å². The summed E-state index contributed by atoms with van der Waals surface area (Å²) in [6.07, 6.45) is 3.04. The molecule has 0 spiro atoms. The van der Waals surface area contributed by atoms with Gasteiger partial charge in [0.05, 0.1) is 17.8 Å². The topological polar surface area (TPSA) is 86.5 Å². The van der Waals surface area contributed by atoms with Gasteiger partial charge in [0.2, 0.25) is 0 Å².